The molecular formula is C4H6O4Si. The smallest absolute Gasteiger partial charge is 0.303 e. The minimum atomic E-state index is -1.08. The van der Waals surface area contributed by atoms with Gasteiger partial charge in [-0.25, -0.2) is 0 Å². The van der Waals surface area contributed by atoms with Crippen molar-refractivity contribution in [3.8, 4) is 0 Å². The van der Waals surface area contributed by atoms with Gasteiger partial charge >= 0.3 is 11.9 Å². The minimum absolute atomic E-state index is 0. The Morgan fingerprint density at radius 3 is 1.33 bits per heavy atom. The fourth-order valence-corrected chi connectivity index (χ4v) is 0.214. The molecule has 0 heterocycles. The van der Waals surface area contributed by atoms with Crippen LogP contribution in [-0.4, -0.2) is 33.1 Å². The monoisotopic (exact) mass is 146 g/mol. The van der Waals surface area contributed by atoms with Crippen molar-refractivity contribution in [3.05, 3.63) is 0 Å². The first-order chi connectivity index (χ1) is 3.63. The third-order valence-electron chi connectivity index (χ3n) is 0.553. The predicted octanol–water partition coefficient (Wildman–Crippen LogP) is -0.445. The van der Waals surface area contributed by atoms with Crippen molar-refractivity contribution >= 4 is 22.9 Å². The molecule has 9 heavy (non-hydrogen) atoms. The van der Waals surface area contributed by atoms with Crippen LogP contribution in [0, 0.1) is 0 Å². The Morgan fingerprint density at radius 1 is 1.00 bits per heavy atom. The molecule has 50 valence electrons. The maximum atomic E-state index is 9.64. The van der Waals surface area contributed by atoms with Crippen LogP contribution >= 0.6 is 0 Å². The van der Waals surface area contributed by atoms with Gasteiger partial charge in [-0.2, -0.15) is 0 Å². The summed E-state index contributed by atoms with van der Waals surface area (Å²) in [6.45, 7) is 0. The van der Waals surface area contributed by atoms with Crippen LogP contribution in [0.3, 0.4) is 0 Å². The standard InChI is InChI=1S/C4H6O4.Si/c5-3(6)1-2-4(7)8;/h1-2H2,(H,5,6)(H,7,8);. The molecule has 0 aliphatic rings. The van der Waals surface area contributed by atoms with Crippen molar-refractivity contribution in [2.24, 2.45) is 0 Å². The second-order valence-corrected chi connectivity index (χ2v) is 1.29. The number of carboxylic acid groups (broad SMARTS) is 2. The molecule has 0 saturated carbocycles. The molecule has 0 aromatic rings. The van der Waals surface area contributed by atoms with Crippen LogP contribution in [0.4, 0.5) is 0 Å². The SMILES string of the molecule is O=C(O)CCC(=O)O.[Si]. The van der Waals surface area contributed by atoms with Crippen molar-refractivity contribution in [2.75, 3.05) is 0 Å². The van der Waals surface area contributed by atoms with E-state index in [1.54, 1.807) is 0 Å². The van der Waals surface area contributed by atoms with Crippen LogP contribution in [0.1, 0.15) is 12.8 Å². The van der Waals surface area contributed by atoms with Crippen LogP contribution in [0.15, 0.2) is 0 Å². The summed E-state index contributed by atoms with van der Waals surface area (Å²) in [6.07, 6.45) is -0.593. The van der Waals surface area contributed by atoms with Crippen molar-refractivity contribution in [1.82, 2.24) is 0 Å². The maximum absolute atomic E-state index is 9.64. The zero-order valence-corrected chi connectivity index (χ0v) is 5.63. The van der Waals surface area contributed by atoms with Gasteiger partial charge in [0.2, 0.25) is 0 Å². The molecule has 0 bridgehead atoms. The molecular weight excluding hydrogens is 140 g/mol. The Balaban J connectivity index is 0. The fourth-order valence-electron chi connectivity index (χ4n) is 0.214. The summed E-state index contributed by atoms with van der Waals surface area (Å²) in [5.41, 5.74) is 0. The van der Waals surface area contributed by atoms with E-state index in [-0.39, 0.29) is 23.8 Å². The van der Waals surface area contributed by atoms with E-state index in [1.807, 2.05) is 0 Å². The third-order valence-corrected chi connectivity index (χ3v) is 0.553. The van der Waals surface area contributed by atoms with Gasteiger partial charge in [-0.05, 0) is 0 Å². The van der Waals surface area contributed by atoms with E-state index in [0.29, 0.717) is 0 Å². The fraction of sp³-hybridized carbons (Fsp3) is 0.500. The van der Waals surface area contributed by atoms with Crippen LogP contribution in [0.25, 0.3) is 0 Å². The predicted molar refractivity (Wildman–Crippen MR) is 30.3 cm³/mol. The van der Waals surface area contributed by atoms with E-state index < -0.39 is 11.9 Å². The molecule has 0 amide bonds. The second-order valence-electron chi connectivity index (χ2n) is 1.29. The summed E-state index contributed by atoms with van der Waals surface area (Å²) in [7, 11) is 0. The first-order valence-corrected chi connectivity index (χ1v) is 2.06. The number of rotatable bonds is 3. The van der Waals surface area contributed by atoms with E-state index in [0.717, 1.165) is 0 Å². The van der Waals surface area contributed by atoms with Gasteiger partial charge in [0.15, 0.2) is 0 Å². The van der Waals surface area contributed by atoms with E-state index >= 15 is 0 Å². The highest BCUT2D eigenvalue weighted by Crippen LogP contribution is 1.85. The number of carboxylic acids is 2. The molecule has 4 radical (unpaired) electrons. The zero-order chi connectivity index (χ0) is 6.57. The van der Waals surface area contributed by atoms with E-state index in [2.05, 4.69) is 0 Å². The Kier molecular flexibility index (Phi) is 6.49. The van der Waals surface area contributed by atoms with E-state index in [4.69, 9.17) is 10.2 Å². The summed E-state index contributed by atoms with van der Waals surface area (Å²) >= 11 is 0. The van der Waals surface area contributed by atoms with Gasteiger partial charge in [0.1, 0.15) is 0 Å². The number of hydrogen-bond donors (Lipinski definition) is 2. The molecule has 0 aromatic heterocycles. The normalized spacial score (nSPS) is 7.56. The molecule has 5 heteroatoms. The van der Waals surface area contributed by atoms with Gasteiger partial charge in [-0.3, -0.25) is 9.59 Å². The van der Waals surface area contributed by atoms with Crippen molar-refractivity contribution in [1.29, 1.82) is 0 Å². The highest BCUT2D eigenvalue weighted by atomic mass is 28.1. The van der Waals surface area contributed by atoms with Crippen molar-refractivity contribution < 1.29 is 19.8 Å². The molecule has 0 spiro atoms. The zero-order valence-electron chi connectivity index (χ0n) is 4.63. The van der Waals surface area contributed by atoms with E-state index in [1.165, 1.54) is 0 Å². The lowest BCUT2D eigenvalue weighted by Crippen LogP contribution is -2.00. The Morgan fingerprint density at radius 2 is 1.22 bits per heavy atom. The van der Waals surface area contributed by atoms with Gasteiger partial charge in [-0.1, -0.05) is 0 Å². The highest BCUT2D eigenvalue weighted by Gasteiger charge is 2.00. The van der Waals surface area contributed by atoms with Gasteiger partial charge in [0, 0.05) is 11.0 Å². The third kappa shape index (κ3) is 11.0. The van der Waals surface area contributed by atoms with Gasteiger partial charge in [0.05, 0.1) is 12.8 Å². The molecule has 0 rings (SSSR count). The van der Waals surface area contributed by atoms with Crippen LogP contribution in [-0.2, 0) is 9.59 Å². The van der Waals surface area contributed by atoms with Gasteiger partial charge < -0.3 is 10.2 Å². The Labute approximate surface area is 56.5 Å². The lowest BCUT2D eigenvalue weighted by Gasteiger charge is -1.85. The van der Waals surface area contributed by atoms with Crippen LogP contribution < -0.4 is 0 Å². The highest BCUT2D eigenvalue weighted by molar-refractivity contribution is 5.75. The maximum Gasteiger partial charge on any atom is 0.303 e. The van der Waals surface area contributed by atoms with Crippen LogP contribution in [0.5, 0.6) is 0 Å². The molecule has 0 saturated heterocycles. The molecule has 0 aliphatic carbocycles. The molecule has 0 unspecified atom stereocenters. The average Bonchev–Trinajstić information content (AvgIpc) is 1.61. The van der Waals surface area contributed by atoms with Crippen LogP contribution in [0.2, 0.25) is 0 Å². The van der Waals surface area contributed by atoms with Gasteiger partial charge in [-0.15, -0.1) is 0 Å². The number of aliphatic carboxylic acids is 2. The minimum Gasteiger partial charge on any atom is -0.481 e. The Hall–Kier alpha value is -0.843. The molecule has 0 fully saturated rings. The lowest BCUT2D eigenvalue weighted by molar-refractivity contribution is -0.143. The Bertz CT molecular complexity index is 97.1. The first-order valence-electron chi connectivity index (χ1n) is 2.06. The first kappa shape index (κ1) is 11.0. The summed E-state index contributed by atoms with van der Waals surface area (Å²) in [6, 6.07) is 0. The van der Waals surface area contributed by atoms with E-state index in [9.17, 15) is 9.59 Å². The number of carbonyl (C=O) groups is 2. The summed E-state index contributed by atoms with van der Waals surface area (Å²) < 4.78 is 0. The molecule has 2 N–H and O–H groups in total. The molecule has 0 atom stereocenters. The van der Waals surface area contributed by atoms with Crippen molar-refractivity contribution in [3.63, 3.8) is 0 Å². The quantitative estimate of drug-likeness (QED) is 0.529. The molecule has 4 nitrogen and oxygen atoms in total. The topological polar surface area (TPSA) is 74.6 Å². The van der Waals surface area contributed by atoms with Crippen molar-refractivity contribution in [2.45, 2.75) is 12.8 Å². The summed E-state index contributed by atoms with van der Waals surface area (Å²) in [5.74, 6) is -2.15. The van der Waals surface area contributed by atoms with Gasteiger partial charge in [0.25, 0.3) is 0 Å². The summed E-state index contributed by atoms with van der Waals surface area (Å²) in [4.78, 5) is 19.3. The average molecular weight is 146 g/mol. The number of hydrogen-bond acceptors (Lipinski definition) is 2. The largest absolute Gasteiger partial charge is 0.481 e. The molecule has 0 aliphatic heterocycles. The second kappa shape index (κ2) is 5.30. The molecule has 0 aromatic carbocycles. The summed E-state index contributed by atoms with van der Waals surface area (Å²) in [5, 5.41) is 15.8. The lowest BCUT2D eigenvalue weighted by atomic mass is 10.3.